The largest absolute Gasteiger partial charge is 0.369 e. The summed E-state index contributed by atoms with van der Waals surface area (Å²) in [6, 6.07) is 11.7. The number of benzene rings is 2. The van der Waals surface area contributed by atoms with Crippen LogP contribution in [0.2, 0.25) is 0 Å². The van der Waals surface area contributed by atoms with E-state index in [0.717, 1.165) is 39.8 Å². The molecule has 6 nitrogen and oxygen atoms in total. The molecule has 0 unspecified atom stereocenters. The van der Waals surface area contributed by atoms with Crippen molar-refractivity contribution in [2.45, 2.75) is 52.5 Å². The number of rotatable bonds is 4. The van der Waals surface area contributed by atoms with Crippen LogP contribution in [0.15, 0.2) is 41.3 Å². The Morgan fingerprint density at radius 2 is 1.85 bits per heavy atom. The summed E-state index contributed by atoms with van der Waals surface area (Å²) in [6.45, 7) is 10.4. The van der Waals surface area contributed by atoms with E-state index in [0.29, 0.717) is 16.5 Å². The van der Waals surface area contributed by atoms with Gasteiger partial charge in [-0.1, -0.05) is 24.6 Å². The fourth-order valence-electron chi connectivity index (χ4n) is 4.65. The van der Waals surface area contributed by atoms with Gasteiger partial charge in [-0.25, -0.2) is 0 Å². The van der Waals surface area contributed by atoms with Crippen molar-refractivity contribution < 1.29 is 14.4 Å². The third-order valence-electron chi connectivity index (χ3n) is 6.82. The molecular weight excluding hydrogens is 446 g/mol. The van der Waals surface area contributed by atoms with Crippen LogP contribution in [0, 0.1) is 13.8 Å². The first-order chi connectivity index (χ1) is 16.0. The average Bonchev–Trinajstić information content (AvgIpc) is 3.02. The smallest absolute Gasteiger partial charge is 0.294 e. The van der Waals surface area contributed by atoms with E-state index in [1.54, 1.807) is 18.2 Å². The summed E-state index contributed by atoms with van der Waals surface area (Å²) in [4.78, 5) is 41.6. The van der Waals surface area contributed by atoms with E-state index in [-0.39, 0.29) is 12.1 Å². The van der Waals surface area contributed by atoms with Gasteiger partial charge in [-0.05, 0) is 98.8 Å². The van der Waals surface area contributed by atoms with E-state index in [9.17, 15) is 14.4 Å². The second kappa shape index (κ2) is 8.95. The van der Waals surface area contributed by atoms with Crippen LogP contribution in [0.3, 0.4) is 0 Å². The van der Waals surface area contributed by atoms with Crippen LogP contribution in [-0.2, 0) is 9.59 Å². The van der Waals surface area contributed by atoms with Crippen LogP contribution in [0.25, 0.3) is 6.08 Å². The van der Waals surface area contributed by atoms with Gasteiger partial charge in [-0.3, -0.25) is 19.3 Å². The van der Waals surface area contributed by atoms with Crippen LogP contribution in [-0.4, -0.2) is 41.1 Å². The van der Waals surface area contributed by atoms with Gasteiger partial charge in [0.05, 0.1) is 4.91 Å². The third kappa shape index (κ3) is 4.62. The molecule has 2 aliphatic heterocycles. The van der Waals surface area contributed by atoms with Gasteiger partial charge in [0.2, 0.25) is 5.91 Å². The maximum atomic E-state index is 13.0. The molecule has 1 atom stereocenters. The van der Waals surface area contributed by atoms with E-state index < -0.39 is 17.1 Å². The Morgan fingerprint density at radius 3 is 2.53 bits per heavy atom. The number of anilines is 2. The topological polar surface area (TPSA) is 69.7 Å². The number of thioether (sulfide) groups is 1. The standard InChI is InChI=1S/C27H31N3O3S/c1-16-7-9-20(10-8-16)28-24(31)15-30-25(32)23(34-26(30)33)13-19-12-21-18(3)14-27(4,5)29(6)22(21)11-17(19)2/h7-13,18H,14-15H2,1-6H3,(H,28,31)/b23-13-/t18-/m1/s1. The van der Waals surface area contributed by atoms with Gasteiger partial charge in [0.1, 0.15) is 6.54 Å². The van der Waals surface area contributed by atoms with Gasteiger partial charge in [0.25, 0.3) is 11.1 Å². The summed E-state index contributed by atoms with van der Waals surface area (Å²) >= 11 is 0.882. The number of carbonyl (C=O) groups is 3. The number of imide groups is 1. The molecular formula is C27H31N3O3S. The van der Waals surface area contributed by atoms with E-state index in [1.807, 2.05) is 26.0 Å². The van der Waals surface area contributed by atoms with E-state index in [4.69, 9.17) is 0 Å². The molecule has 1 N–H and O–H groups in total. The highest BCUT2D eigenvalue weighted by Crippen LogP contribution is 2.44. The lowest BCUT2D eigenvalue weighted by Crippen LogP contribution is -2.45. The zero-order chi connectivity index (χ0) is 24.8. The summed E-state index contributed by atoms with van der Waals surface area (Å²) in [7, 11) is 2.12. The van der Waals surface area contributed by atoms with Crippen molar-refractivity contribution in [1.29, 1.82) is 0 Å². The van der Waals surface area contributed by atoms with Crippen molar-refractivity contribution in [2.24, 2.45) is 0 Å². The predicted octanol–water partition coefficient (Wildman–Crippen LogP) is 5.70. The molecule has 1 fully saturated rings. The van der Waals surface area contributed by atoms with Crippen molar-refractivity contribution in [1.82, 2.24) is 4.90 Å². The highest BCUT2D eigenvalue weighted by molar-refractivity contribution is 8.18. The number of amides is 3. The number of fused-ring (bicyclic) bond motifs is 1. The zero-order valence-electron chi connectivity index (χ0n) is 20.6. The zero-order valence-corrected chi connectivity index (χ0v) is 21.4. The minimum absolute atomic E-state index is 0.0716. The van der Waals surface area contributed by atoms with Crippen LogP contribution in [0.4, 0.5) is 16.2 Å². The second-order valence-corrected chi connectivity index (χ2v) is 10.9. The number of hydrogen-bond donors (Lipinski definition) is 1. The Labute approximate surface area is 205 Å². The number of nitrogens with zero attached hydrogens (tertiary/aromatic N) is 2. The van der Waals surface area contributed by atoms with E-state index in [2.05, 4.69) is 50.2 Å². The number of nitrogens with one attached hydrogen (secondary N) is 1. The first kappa shape index (κ1) is 24.1. The molecule has 2 aliphatic rings. The number of carbonyl (C=O) groups excluding carboxylic acids is 3. The molecule has 1 saturated heterocycles. The SMILES string of the molecule is Cc1ccc(NC(=O)CN2C(=O)S/C(=C\c3cc4c(cc3C)N(C)C(C)(C)C[C@H]4C)C2=O)cc1. The quantitative estimate of drug-likeness (QED) is 0.572. The maximum Gasteiger partial charge on any atom is 0.294 e. The van der Waals surface area contributed by atoms with Crippen molar-refractivity contribution in [3.05, 3.63) is 63.6 Å². The first-order valence-electron chi connectivity index (χ1n) is 11.5. The minimum atomic E-state index is -0.433. The van der Waals surface area contributed by atoms with E-state index in [1.165, 1.54) is 11.3 Å². The monoisotopic (exact) mass is 477 g/mol. The molecule has 0 bridgehead atoms. The Morgan fingerprint density at radius 1 is 1.18 bits per heavy atom. The molecule has 34 heavy (non-hydrogen) atoms. The number of aryl methyl sites for hydroxylation is 2. The highest BCUT2D eigenvalue weighted by Gasteiger charge is 2.37. The molecule has 2 heterocycles. The molecule has 178 valence electrons. The predicted molar refractivity (Wildman–Crippen MR) is 139 cm³/mol. The molecule has 2 aromatic carbocycles. The average molecular weight is 478 g/mol. The molecule has 0 saturated carbocycles. The lowest BCUT2D eigenvalue weighted by Gasteiger charge is -2.45. The summed E-state index contributed by atoms with van der Waals surface area (Å²) in [6.07, 6.45) is 2.82. The van der Waals surface area contributed by atoms with Gasteiger partial charge in [-0.15, -0.1) is 0 Å². The van der Waals surface area contributed by atoms with Gasteiger partial charge < -0.3 is 10.2 Å². The molecule has 0 radical (unpaired) electrons. The lowest BCUT2D eigenvalue weighted by molar-refractivity contribution is -0.127. The van der Waals surface area contributed by atoms with Crippen molar-refractivity contribution in [2.75, 3.05) is 23.8 Å². The summed E-state index contributed by atoms with van der Waals surface area (Å²) in [5.74, 6) is -0.455. The molecule has 2 aromatic rings. The Bertz CT molecular complexity index is 1200. The maximum absolute atomic E-state index is 13.0. The van der Waals surface area contributed by atoms with Crippen LogP contribution in [0.5, 0.6) is 0 Å². The third-order valence-corrected chi connectivity index (χ3v) is 7.73. The van der Waals surface area contributed by atoms with Gasteiger partial charge in [0, 0.05) is 24.0 Å². The van der Waals surface area contributed by atoms with Crippen LogP contribution >= 0.6 is 11.8 Å². The van der Waals surface area contributed by atoms with Crippen LogP contribution in [0.1, 0.15) is 55.4 Å². The number of hydrogen-bond acceptors (Lipinski definition) is 5. The summed E-state index contributed by atoms with van der Waals surface area (Å²) < 4.78 is 0. The second-order valence-electron chi connectivity index (χ2n) is 9.93. The van der Waals surface area contributed by atoms with Gasteiger partial charge in [0.15, 0.2) is 0 Å². The van der Waals surface area contributed by atoms with Gasteiger partial charge >= 0.3 is 0 Å². The Balaban J connectivity index is 1.54. The van der Waals surface area contributed by atoms with Gasteiger partial charge in [-0.2, -0.15) is 0 Å². The normalized spacial score (nSPS) is 20.6. The fraction of sp³-hybridized carbons (Fsp3) is 0.370. The van der Waals surface area contributed by atoms with Crippen LogP contribution < -0.4 is 10.2 Å². The minimum Gasteiger partial charge on any atom is -0.369 e. The summed E-state index contributed by atoms with van der Waals surface area (Å²) in [5, 5.41) is 2.31. The molecule has 3 amide bonds. The molecule has 0 spiro atoms. The van der Waals surface area contributed by atoms with E-state index >= 15 is 0 Å². The molecule has 0 aliphatic carbocycles. The summed E-state index contributed by atoms with van der Waals surface area (Å²) in [5.41, 5.74) is 6.20. The lowest BCUT2D eigenvalue weighted by atomic mass is 9.79. The van der Waals surface area contributed by atoms with Crippen molar-refractivity contribution >= 4 is 46.3 Å². The fourth-order valence-corrected chi connectivity index (χ4v) is 5.48. The highest BCUT2D eigenvalue weighted by atomic mass is 32.2. The van der Waals surface area contributed by atoms with Crippen molar-refractivity contribution in [3.63, 3.8) is 0 Å². The Kier molecular flexibility index (Phi) is 6.34. The first-order valence-corrected chi connectivity index (χ1v) is 12.3. The molecule has 7 heteroatoms. The molecule has 0 aromatic heterocycles. The Hall–Kier alpha value is -3.06. The molecule has 4 rings (SSSR count). The van der Waals surface area contributed by atoms with Crippen molar-refractivity contribution in [3.8, 4) is 0 Å².